The number of hydrogen-bond acceptors (Lipinski definition) is 4. The van der Waals surface area contributed by atoms with Crippen molar-refractivity contribution >= 4 is 5.91 Å². The van der Waals surface area contributed by atoms with E-state index in [9.17, 15) is 4.79 Å². The Morgan fingerprint density at radius 1 is 1.47 bits per heavy atom. The average molecular weight is 245 g/mol. The third kappa shape index (κ3) is 7.31. The maximum atomic E-state index is 11.2. The number of amides is 1. The van der Waals surface area contributed by atoms with E-state index in [0.29, 0.717) is 32.6 Å². The van der Waals surface area contributed by atoms with Crippen molar-refractivity contribution in [3.8, 4) is 0 Å². The van der Waals surface area contributed by atoms with Gasteiger partial charge in [0.2, 0.25) is 5.91 Å². The molecule has 1 atom stereocenters. The zero-order chi connectivity index (χ0) is 12.3. The fraction of sp³-hybridized carbons (Fsp3) is 0.917. The van der Waals surface area contributed by atoms with Crippen LogP contribution in [-0.2, 0) is 14.3 Å². The van der Waals surface area contributed by atoms with Crippen molar-refractivity contribution in [1.29, 1.82) is 0 Å². The van der Waals surface area contributed by atoms with Gasteiger partial charge in [-0.3, -0.25) is 4.79 Å². The molecule has 100 valence electrons. The largest absolute Gasteiger partial charge is 0.396 e. The van der Waals surface area contributed by atoms with E-state index >= 15 is 0 Å². The predicted molar refractivity (Wildman–Crippen MR) is 63.7 cm³/mol. The normalized spacial score (nSPS) is 19.5. The highest BCUT2D eigenvalue weighted by molar-refractivity contribution is 5.75. The summed E-state index contributed by atoms with van der Waals surface area (Å²) in [6.07, 6.45) is 4.24. The molecule has 0 aromatic rings. The molecule has 0 saturated carbocycles. The first-order valence-corrected chi connectivity index (χ1v) is 6.40. The molecule has 5 heteroatoms. The van der Waals surface area contributed by atoms with Gasteiger partial charge >= 0.3 is 0 Å². The van der Waals surface area contributed by atoms with Gasteiger partial charge in [-0.2, -0.15) is 0 Å². The van der Waals surface area contributed by atoms with Crippen molar-refractivity contribution in [2.45, 2.75) is 38.2 Å². The Balaban J connectivity index is 1.82. The van der Waals surface area contributed by atoms with E-state index in [1.54, 1.807) is 0 Å². The second-order valence-corrected chi connectivity index (χ2v) is 4.24. The van der Waals surface area contributed by atoms with E-state index in [-0.39, 0.29) is 18.6 Å². The number of hydrogen-bond donors (Lipinski definition) is 2. The minimum Gasteiger partial charge on any atom is -0.396 e. The van der Waals surface area contributed by atoms with Gasteiger partial charge in [-0.1, -0.05) is 0 Å². The molecular weight excluding hydrogens is 222 g/mol. The van der Waals surface area contributed by atoms with E-state index in [4.69, 9.17) is 14.6 Å². The summed E-state index contributed by atoms with van der Waals surface area (Å²) in [6, 6.07) is 0. The molecule has 0 aliphatic carbocycles. The highest BCUT2D eigenvalue weighted by Gasteiger charge is 2.14. The number of ether oxygens (including phenoxy) is 2. The number of nitrogens with one attached hydrogen (secondary N) is 1. The molecule has 1 rings (SSSR count). The van der Waals surface area contributed by atoms with E-state index in [1.807, 2.05) is 0 Å². The summed E-state index contributed by atoms with van der Waals surface area (Å²) in [6.45, 7) is 2.88. The van der Waals surface area contributed by atoms with E-state index in [1.165, 1.54) is 0 Å². The lowest BCUT2D eigenvalue weighted by molar-refractivity contribution is -0.121. The molecule has 0 bridgehead atoms. The van der Waals surface area contributed by atoms with Gasteiger partial charge in [0.05, 0.1) is 12.7 Å². The summed E-state index contributed by atoms with van der Waals surface area (Å²) in [5.41, 5.74) is 0. The molecule has 1 fully saturated rings. The van der Waals surface area contributed by atoms with Gasteiger partial charge in [0.25, 0.3) is 0 Å². The Hall–Kier alpha value is -0.650. The number of aliphatic hydroxyl groups excluding tert-OH is 1. The van der Waals surface area contributed by atoms with Crippen molar-refractivity contribution in [3.63, 3.8) is 0 Å². The summed E-state index contributed by atoms with van der Waals surface area (Å²) in [7, 11) is 0. The fourth-order valence-corrected chi connectivity index (χ4v) is 1.72. The molecule has 1 amide bonds. The van der Waals surface area contributed by atoms with Crippen LogP contribution in [0.4, 0.5) is 0 Å². The molecule has 17 heavy (non-hydrogen) atoms. The quantitative estimate of drug-likeness (QED) is 0.579. The van der Waals surface area contributed by atoms with Gasteiger partial charge in [-0.05, 0) is 25.7 Å². The number of carbonyl (C=O) groups is 1. The molecule has 0 spiro atoms. The number of aliphatic hydroxyl groups is 1. The van der Waals surface area contributed by atoms with Gasteiger partial charge in [0, 0.05) is 32.8 Å². The van der Waals surface area contributed by atoms with Crippen LogP contribution in [-0.4, -0.2) is 50.1 Å². The summed E-state index contributed by atoms with van der Waals surface area (Å²) in [4.78, 5) is 11.2. The third-order valence-corrected chi connectivity index (χ3v) is 2.68. The van der Waals surface area contributed by atoms with Crippen LogP contribution in [0, 0.1) is 0 Å². The Bertz CT molecular complexity index is 205. The van der Waals surface area contributed by atoms with E-state index < -0.39 is 0 Å². The topological polar surface area (TPSA) is 67.8 Å². The second kappa shape index (κ2) is 9.39. The van der Waals surface area contributed by atoms with Crippen LogP contribution in [0.1, 0.15) is 32.1 Å². The first kappa shape index (κ1) is 14.4. The Morgan fingerprint density at radius 2 is 2.35 bits per heavy atom. The fourth-order valence-electron chi connectivity index (χ4n) is 1.72. The molecular formula is C12H23NO4. The van der Waals surface area contributed by atoms with E-state index in [0.717, 1.165) is 25.9 Å². The van der Waals surface area contributed by atoms with Crippen LogP contribution >= 0.6 is 0 Å². The first-order chi connectivity index (χ1) is 8.33. The Labute approximate surface area is 102 Å². The van der Waals surface area contributed by atoms with Crippen LogP contribution in [0.3, 0.4) is 0 Å². The molecule has 2 N–H and O–H groups in total. The van der Waals surface area contributed by atoms with Crippen LogP contribution in [0.2, 0.25) is 0 Å². The summed E-state index contributed by atoms with van der Waals surface area (Å²) in [5, 5.41) is 11.3. The zero-order valence-corrected chi connectivity index (χ0v) is 10.3. The molecule has 1 aliphatic heterocycles. The Kier molecular flexibility index (Phi) is 7.96. The molecule has 0 radical (unpaired) electrons. The summed E-state index contributed by atoms with van der Waals surface area (Å²) >= 11 is 0. The zero-order valence-electron chi connectivity index (χ0n) is 10.3. The predicted octanol–water partition coefficient (Wildman–Crippen LogP) is 0.461. The Morgan fingerprint density at radius 3 is 3.06 bits per heavy atom. The second-order valence-electron chi connectivity index (χ2n) is 4.24. The summed E-state index contributed by atoms with van der Waals surface area (Å²) in [5.74, 6) is -0.00169. The van der Waals surface area contributed by atoms with Crippen molar-refractivity contribution in [1.82, 2.24) is 5.32 Å². The van der Waals surface area contributed by atoms with E-state index in [2.05, 4.69) is 5.32 Å². The van der Waals surface area contributed by atoms with Crippen LogP contribution < -0.4 is 5.32 Å². The number of carbonyl (C=O) groups excluding carboxylic acids is 1. The van der Waals surface area contributed by atoms with Crippen LogP contribution in [0.5, 0.6) is 0 Å². The maximum Gasteiger partial charge on any atom is 0.220 e. The molecule has 1 heterocycles. The molecule has 1 aliphatic rings. The van der Waals surface area contributed by atoms with Crippen molar-refractivity contribution in [3.05, 3.63) is 0 Å². The van der Waals surface area contributed by atoms with Crippen molar-refractivity contribution in [2.24, 2.45) is 0 Å². The smallest absolute Gasteiger partial charge is 0.220 e. The van der Waals surface area contributed by atoms with Gasteiger partial charge in [-0.25, -0.2) is 0 Å². The third-order valence-electron chi connectivity index (χ3n) is 2.68. The van der Waals surface area contributed by atoms with Crippen molar-refractivity contribution in [2.75, 3.05) is 33.0 Å². The molecule has 1 saturated heterocycles. The number of rotatable bonds is 9. The van der Waals surface area contributed by atoms with Crippen LogP contribution in [0.15, 0.2) is 0 Å². The first-order valence-electron chi connectivity index (χ1n) is 6.40. The summed E-state index contributed by atoms with van der Waals surface area (Å²) < 4.78 is 10.9. The molecule has 0 aromatic heterocycles. The highest BCUT2D eigenvalue weighted by Crippen LogP contribution is 2.11. The minimum atomic E-state index is -0.00169. The van der Waals surface area contributed by atoms with Gasteiger partial charge in [0.1, 0.15) is 0 Å². The lowest BCUT2D eigenvalue weighted by Crippen LogP contribution is -2.25. The maximum absolute atomic E-state index is 11.2. The SMILES string of the molecule is O=C(CCCO)NCCCOCC1CCCO1. The minimum absolute atomic E-state index is 0.00169. The molecule has 1 unspecified atom stereocenters. The lowest BCUT2D eigenvalue weighted by atomic mass is 10.2. The van der Waals surface area contributed by atoms with Gasteiger partial charge in [-0.15, -0.1) is 0 Å². The lowest BCUT2D eigenvalue weighted by Gasteiger charge is -2.10. The molecule has 5 nitrogen and oxygen atoms in total. The van der Waals surface area contributed by atoms with Crippen LogP contribution in [0.25, 0.3) is 0 Å². The standard InChI is InChI=1S/C12H23NO4/c14-7-1-5-12(15)13-6-3-8-16-10-11-4-2-9-17-11/h11,14H,1-10H2,(H,13,15). The van der Waals surface area contributed by atoms with Gasteiger partial charge in [0.15, 0.2) is 0 Å². The van der Waals surface area contributed by atoms with Crippen molar-refractivity contribution < 1.29 is 19.4 Å². The monoisotopic (exact) mass is 245 g/mol. The molecule has 0 aromatic carbocycles. The van der Waals surface area contributed by atoms with Gasteiger partial charge < -0.3 is 19.9 Å². The highest BCUT2D eigenvalue weighted by atomic mass is 16.5. The average Bonchev–Trinajstić information content (AvgIpc) is 2.84.